The number of hydrogen-bond donors (Lipinski definition) is 2. The van der Waals surface area contributed by atoms with Gasteiger partial charge in [-0.15, -0.1) is 24.0 Å². The lowest BCUT2D eigenvalue weighted by atomic mass is 10.2. The molecule has 1 aromatic carbocycles. The van der Waals surface area contributed by atoms with E-state index in [0.29, 0.717) is 5.96 Å². The molecule has 27 heavy (non-hydrogen) atoms. The van der Waals surface area contributed by atoms with Crippen LogP contribution >= 0.6 is 24.0 Å². The van der Waals surface area contributed by atoms with E-state index >= 15 is 0 Å². The monoisotopic (exact) mass is 484 g/mol. The average Bonchev–Trinajstić information content (AvgIpc) is 3.16. The molecule has 0 radical (unpaired) electrons. The molecule has 8 heteroatoms. The van der Waals surface area contributed by atoms with E-state index in [1.807, 2.05) is 47.4 Å². The van der Waals surface area contributed by atoms with Crippen molar-refractivity contribution in [2.75, 3.05) is 45.9 Å². The van der Waals surface area contributed by atoms with Gasteiger partial charge in [0.05, 0.1) is 25.1 Å². The molecule has 0 amide bonds. The molecule has 3 N–H and O–H groups in total. The number of morpholine rings is 1. The summed E-state index contributed by atoms with van der Waals surface area (Å²) >= 11 is 0. The first-order valence-electron chi connectivity index (χ1n) is 9.24. The Labute approximate surface area is 178 Å². The van der Waals surface area contributed by atoms with Crippen LogP contribution in [0, 0.1) is 0 Å². The van der Waals surface area contributed by atoms with E-state index in [0.717, 1.165) is 64.5 Å². The molecule has 0 saturated carbocycles. The van der Waals surface area contributed by atoms with E-state index in [4.69, 9.17) is 10.5 Å². The summed E-state index contributed by atoms with van der Waals surface area (Å²) in [5.41, 5.74) is 8.17. The van der Waals surface area contributed by atoms with Crippen molar-refractivity contribution < 1.29 is 4.74 Å². The molecule has 148 valence electrons. The second-order valence-electron chi connectivity index (χ2n) is 6.38. The van der Waals surface area contributed by atoms with E-state index < -0.39 is 0 Å². The Morgan fingerprint density at radius 3 is 2.78 bits per heavy atom. The van der Waals surface area contributed by atoms with Crippen molar-refractivity contribution in [2.24, 2.45) is 10.7 Å². The molecule has 2 heterocycles. The lowest BCUT2D eigenvalue weighted by Crippen LogP contribution is -2.37. The van der Waals surface area contributed by atoms with Crippen LogP contribution in [0.25, 0.3) is 5.69 Å². The van der Waals surface area contributed by atoms with Crippen molar-refractivity contribution in [3.05, 3.63) is 48.3 Å². The Morgan fingerprint density at radius 1 is 1.22 bits per heavy atom. The summed E-state index contributed by atoms with van der Waals surface area (Å²) < 4.78 is 7.23. The second kappa shape index (κ2) is 11.9. The largest absolute Gasteiger partial charge is 0.379 e. The molecule has 0 unspecified atom stereocenters. The molecule has 0 aliphatic carbocycles. The number of para-hydroxylation sites is 1. The number of nitrogens with zero attached hydrogens (tertiary/aromatic N) is 4. The Bertz CT molecular complexity index is 685. The number of halogens is 1. The van der Waals surface area contributed by atoms with Gasteiger partial charge in [-0.05, 0) is 30.5 Å². The maximum Gasteiger partial charge on any atom is 0.188 e. The van der Waals surface area contributed by atoms with Gasteiger partial charge in [0.15, 0.2) is 5.96 Å². The molecule has 3 rings (SSSR count). The molecule has 1 aliphatic rings. The van der Waals surface area contributed by atoms with Crippen LogP contribution in [0.5, 0.6) is 0 Å². The molecule has 7 nitrogen and oxygen atoms in total. The first-order valence-corrected chi connectivity index (χ1v) is 9.24. The summed E-state index contributed by atoms with van der Waals surface area (Å²) in [5, 5.41) is 7.58. The van der Waals surface area contributed by atoms with E-state index in [1.54, 1.807) is 0 Å². The molecule has 0 spiro atoms. The van der Waals surface area contributed by atoms with Crippen molar-refractivity contribution in [1.82, 2.24) is 20.0 Å². The minimum atomic E-state index is 0. The van der Waals surface area contributed by atoms with Crippen molar-refractivity contribution in [3.8, 4) is 5.69 Å². The molecule has 0 bridgehead atoms. The van der Waals surface area contributed by atoms with E-state index in [2.05, 4.69) is 20.3 Å². The van der Waals surface area contributed by atoms with Crippen LogP contribution in [0.2, 0.25) is 0 Å². The average molecular weight is 484 g/mol. The van der Waals surface area contributed by atoms with Gasteiger partial charge in [-0.3, -0.25) is 9.89 Å². The Hall–Kier alpha value is -1.65. The van der Waals surface area contributed by atoms with Crippen LogP contribution < -0.4 is 11.1 Å². The summed E-state index contributed by atoms with van der Waals surface area (Å²) in [5.74, 6) is 0.516. The van der Waals surface area contributed by atoms with Crippen LogP contribution in [-0.4, -0.2) is 66.6 Å². The second-order valence-corrected chi connectivity index (χ2v) is 6.38. The van der Waals surface area contributed by atoms with Gasteiger partial charge < -0.3 is 15.8 Å². The number of nitrogens with two attached hydrogens (primary N) is 1. The Morgan fingerprint density at radius 2 is 2.00 bits per heavy atom. The molecule has 1 aliphatic heterocycles. The van der Waals surface area contributed by atoms with Gasteiger partial charge in [0.25, 0.3) is 0 Å². The lowest BCUT2D eigenvalue weighted by Gasteiger charge is -2.26. The summed E-state index contributed by atoms with van der Waals surface area (Å²) in [6, 6.07) is 10.1. The summed E-state index contributed by atoms with van der Waals surface area (Å²) in [7, 11) is 0. The van der Waals surface area contributed by atoms with Gasteiger partial charge in [-0.1, -0.05) is 18.2 Å². The number of ether oxygens (including phenoxy) is 1. The van der Waals surface area contributed by atoms with Crippen molar-refractivity contribution in [2.45, 2.75) is 12.8 Å². The highest BCUT2D eigenvalue weighted by molar-refractivity contribution is 14.0. The molecular formula is C19H29IN6O. The quantitative estimate of drug-likeness (QED) is 0.258. The zero-order chi connectivity index (χ0) is 18.0. The minimum absolute atomic E-state index is 0. The van der Waals surface area contributed by atoms with Gasteiger partial charge in [0, 0.05) is 38.9 Å². The molecule has 1 aromatic heterocycles. The topological polar surface area (TPSA) is 80.7 Å². The number of nitrogens with one attached hydrogen (secondary N) is 1. The number of aliphatic imine (C=N–C) groups is 1. The standard InChI is InChI=1S/C19H28N6O.HI/c20-19(21-8-4-10-24-11-13-26-14-12-24)22-9-7-17-15-23-25(16-17)18-5-2-1-3-6-18;/h1-3,5-6,15-16H,4,7-14H2,(H3,20,21,22);1H. The molecule has 1 fully saturated rings. The molecule has 2 aromatic rings. The third kappa shape index (κ3) is 7.47. The van der Waals surface area contributed by atoms with Gasteiger partial charge in [0.1, 0.15) is 0 Å². The zero-order valence-corrected chi connectivity index (χ0v) is 17.9. The molecular weight excluding hydrogens is 455 g/mol. The maximum absolute atomic E-state index is 5.94. The van der Waals surface area contributed by atoms with Crippen molar-refractivity contribution in [1.29, 1.82) is 0 Å². The van der Waals surface area contributed by atoms with Gasteiger partial charge in [-0.25, -0.2) is 4.68 Å². The minimum Gasteiger partial charge on any atom is -0.379 e. The van der Waals surface area contributed by atoms with Crippen LogP contribution in [0.4, 0.5) is 0 Å². The van der Waals surface area contributed by atoms with Crippen LogP contribution in [0.1, 0.15) is 12.0 Å². The smallest absolute Gasteiger partial charge is 0.188 e. The number of hydrogen-bond acceptors (Lipinski definition) is 4. The normalized spacial score (nSPS) is 15.3. The molecule has 0 atom stereocenters. The fourth-order valence-corrected chi connectivity index (χ4v) is 2.92. The number of benzene rings is 1. The SMILES string of the molecule is I.NC(=NCCCN1CCOCC1)NCCc1cnn(-c2ccccc2)c1. The number of aromatic nitrogens is 2. The maximum atomic E-state index is 5.94. The van der Waals surface area contributed by atoms with Crippen molar-refractivity contribution >= 4 is 29.9 Å². The van der Waals surface area contributed by atoms with E-state index in [9.17, 15) is 0 Å². The van der Waals surface area contributed by atoms with E-state index in [1.165, 1.54) is 5.56 Å². The van der Waals surface area contributed by atoms with Gasteiger partial charge in [-0.2, -0.15) is 5.10 Å². The van der Waals surface area contributed by atoms with Crippen LogP contribution in [0.15, 0.2) is 47.7 Å². The van der Waals surface area contributed by atoms with Gasteiger partial charge >= 0.3 is 0 Å². The Kier molecular flexibility index (Phi) is 9.57. The fourth-order valence-electron chi connectivity index (χ4n) is 2.92. The van der Waals surface area contributed by atoms with Gasteiger partial charge in [0.2, 0.25) is 0 Å². The van der Waals surface area contributed by atoms with Crippen LogP contribution in [0.3, 0.4) is 0 Å². The van der Waals surface area contributed by atoms with Crippen molar-refractivity contribution in [3.63, 3.8) is 0 Å². The predicted octanol–water partition coefficient (Wildman–Crippen LogP) is 1.66. The first kappa shape index (κ1) is 21.6. The number of rotatable bonds is 8. The zero-order valence-electron chi connectivity index (χ0n) is 15.6. The fraction of sp³-hybridized carbons (Fsp3) is 0.474. The summed E-state index contributed by atoms with van der Waals surface area (Å²) in [4.78, 5) is 6.81. The summed E-state index contributed by atoms with van der Waals surface area (Å²) in [6.07, 6.45) is 5.82. The highest BCUT2D eigenvalue weighted by Crippen LogP contribution is 2.07. The van der Waals surface area contributed by atoms with Crippen LogP contribution in [-0.2, 0) is 11.2 Å². The third-order valence-corrected chi connectivity index (χ3v) is 4.39. The predicted molar refractivity (Wildman–Crippen MR) is 119 cm³/mol. The first-order chi connectivity index (χ1) is 12.8. The summed E-state index contributed by atoms with van der Waals surface area (Å²) in [6.45, 7) is 6.28. The highest BCUT2D eigenvalue weighted by atomic mass is 127. The Balaban J connectivity index is 0.00000261. The number of guanidine groups is 1. The highest BCUT2D eigenvalue weighted by Gasteiger charge is 2.08. The lowest BCUT2D eigenvalue weighted by molar-refractivity contribution is 0.0377. The third-order valence-electron chi connectivity index (χ3n) is 4.39. The van der Waals surface area contributed by atoms with E-state index in [-0.39, 0.29) is 24.0 Å². The molecule has 1 saturated heterocycles.